The molecule has 0 amide bonds. The van der Waals surface area contributed by atoms with Gasteiger partial charge in [0.25, 0.3) is 0 Å². The Morgan fingerprint density at radius 3 is 2.32 bits per heavy atom. The minimum Gasteiger partial charge on any atom is -0.357 e. The second kappa shape index (κ2) is 10.8. The Bertz CT molecular complexity index is 907. The first-order valence-electron chi connectivity index (χ1n) is 8.82. The number of hydrogen-bond acceptors (Lipinski definition) is 4. The van der Waals surface area contributed by atoms with E-state index in [2.05, 4.69) is 25.4 Å². The molecule has 0 aliphatic heterocycles. The summed E-state index contributed by atoms with van der Waals surface area (Å²) in [6, 6.07) is 6.71. The lowest BCUT2D eigenvalue weighted by molar-refractivity contribution is 0.588. The fraction of sp³-hybridized carbons (Fsp3) is 0.444. The third kappa shape index (κ3) is 6.17. The van der Waals surface area contributed by atoms with Crippen LogP contribution >= 0.6 is 24.0 Å². The Morgan fingerprint density at radius 2 is 1.82 bits per heavy atom. The van der Waals surface area contributed by atoms with Crippen LogP contribution in [0.4, 0.5) is 0 Å². The van der Waals surface area contributed by atoms with Crippen LogP contribution in [0, 0.1) is 13.8 Å². The maximum absolute atomic E-state index is 11.8. The van der Waals surface area contributed by atoms with E-state index in [9.17, 15) is 8.42 Å². The van der Waals surface area contributed by atoms with E-state index in [1.165, 1.54) is 7.05 Å². The fourth-order valence-corrected chi connectivity index (χ4v) is 3.38. The average molecular weight is 520 g/mol. The van der Waals surface area contributed by atoms with E-state index in [1.807, 2.05) is 32.5 Å². The lowest BCUT2D eigenvalue weighted by Gasteiger charge is -2.12. The molecule has 2 aromatic rings. The van der Waals surface area contributed by atoms with Crippen LogP contribution in [-0.2, 0) is 30.2 Å². The van der Waals surface area contributed by atoms with Gasteiger partial charge >= 0.3 is 0 Å². The van der Waals surface area contributed by atoms with Gasteiger partial charge in [-0.25, -0.2) is 18.1 Å². The number of halogens is 1. The maximum atomic E-state index is 11.8. The van der Waals surface area contributed by atoms with Crippen molar-refractivity contribution in [1.29, 1.82) is 0 Å². The highest BCUT2D eigenvalue weighted by Gasteiger charge is 2.11. The van der Waals surface area contributed by atoms with E-state index in [4.69, 9.17) is 0 Å². The van der Waals surface area contributed by atoms with E-state index in [0.717, 1.165) is 29.1 Å². The summed E-state index contributed by atoms with van der Waals surface area (Å²) < 4.78 is 27.7. The number of aromatic nitrogens is 2. The van der Waals surface area contributed by atoms with Crippen molar-refractivity contribution < 1.29 is 8.42 Å². The fourth-order valence-electron chi connectivity index (χ4n) is 2.65. The van der Waals surface area contributed by atoms with E-state index >= 15 is 0 Å². The smallest absolute Gasteiger partial charge is 0.240 e. The summed E-state index contributed by atoms with van der Waals surface area (Å²) in [5.41, 5.74) is 4.21. The predicted octanol–water partition coefficient (Wildman–Crippen LogP) is 1.82. The second-order valence-electron chi connectivity index (χ2n) is 6.17. The number of sulfonamides is 1. The lowest BCUT2D eigenvalue weighted by Crippen LogP contribution is -2.37. The molecule has 8 nitrogen and oxygen atoms in total. The minimum atomic E-state index is -3.42. The summed E-state index contributed by atoms with van der Waals surface area (Å²) in [5, 5.41) is 11.0. The predicted molar refractivity (Wildman–Crippen MR) is 122 cm³/mol. The molecule has 0 saturated heterocycles. The van der Waals surface area contributed by atoms with E-state index < -0.39 is 10.0 Å². The summed E-state index contributed by atoms with van der Waals surface area (Å²) in [5.74, 6) is 0.701. The van der Waals surface area contributed by atoms with Crippen LogP contribution in [0.3, 0.4) is 0 Å². The van der Waals surface area contributed by atoms with Crippen molar-refractivity contribution in [3.63, 3.8) is 0 Å². The van der Waals surface area contributed by atoms with Gasteiger partial charge in [0, 0.05) is 31.4 Å². The van der Waals surface area contributed by atoms with Gasteiger partial charge in [-0.05, 0) is 45.5 Å². The standard InChI is InChI=1S/C18H28N6O2S.HI/c1-6-20-18(22-12-17-13(2)23-24(5)14(17)3)21-11-15-7-9-16(10-8-15)27(25,26)19-4;/h7-10,19H,6,11-12H2,1-5H3,(H2,20,21,22);1H. The van der Waals surface area contributed by atoms with Crippen molar-refractivity contribution in [2.24, 2.45) is 12.0 Å². The number of rotatable bonds is 7. The third-order valence-corrected chi connectivity index (χ3v) is 5.79. The molecule has 1 aromatic heterocycles. The number of nitrogens with zero attached hydrogens (tertiary/aromatic N) is 3. The van der Waals surface area contributed by atoms with Crippen LogP contribution in [0.1, 0.15) is 29.4 Å². The molecule has 1 aromatic carbocycles. The Labute approximate surface area is 184 Å². The molecule has 1 heterocycles. The van der Waals surface area contributed by atoms with Crippen molar-refractivity contribution in [3.8, 4) is 0 Å². The minimum absolute atomic E-state index is 0. The molecule has 0 aliphatic carbocycles. The molecule has 0 spiro atoms. The topological polar surface area (TPSA) is 100 Å². The molecule has 0 bridgehead atoms. The average Bonchev–Trinajstić information content (AvgIpc) is 2.89. The number of aliphatic imine (C=N–C) groups is 1. The van der Waals surface area contributed by atoms with Crippen LogP contribution in [0.5, 0.6) is 0 Å². The Morgan fingerprint density at radius 1 is 1.18 bits per heavy atom. The summed E-state index contributed by atoms with van der Waals surface area (Å²) in [6.07, 6.45) is 0. The normalized spacial score (nSPS) is 11.8. The number of benzene rings is 1. The van der Waals surface area contributed by atoms with Crippen LogP contribution in [0.25, 0.3) is 0 Å². The number of hydrogen-bond donors (Lipinski definition) is 3. The zero-order valence-electron chi connectivity index (χ0n) is 16.9. The van der Waals surface area contributed by atoms with Crippen LogP contribution in [0.2, 0.25) is 0 Å². The monoisotopic (exact) mass is 520 g/mol. The zero-order valence-corrected chi connectivity index (χ0v) is 20.1. The van der Waals surface area contributed by atoms with Crippen molar-refractivity contribution in [1.82, 2.24) is 25.1 Å². The van der Waals surface area contributed by atoms with Gasteiger partial charge in [-0.3, -0.25) is 4.68 Å². The molecule has 0 atom stereocenters. The van der Waals surface area contributed by atoms with Crippen LogP contribution < -0.4 is 15.4 Å². The van der Waals surface area contributed by atoms with Gasteiger partial charge in [0.1, 0.15) is 0 Å². The number of aryl methyl sites for hydroxylation is 2. The SMILES string of the molecule is CCNC(=NCc1ccc(S(=O)(=O)NC)cc1)NCc1c(C)nn(C)c1C.I. The number of guanidine groups is 1. The molecule has 2 rings (SSSR count). The lowest BCUT2D eigenvalue weighted by atomic mass is 10.2. The molecule has 10 heteroatoms. The highest BCUT2D eigenvalue weighted by Crippen LogP contribution is 2.12. The number of nitrogens with one attached hydrogen (secondary N) is 3. The summed E-state index contributed by atoms with van der Waals surface area (Å²) >= 11 is 0. The highest BCUT2D eigenvalue weighted by atomic mass is 127. The van der Waals surface area contributed by atoms with Crippen molar-refractivity contribution in [2.75, 3.05) is 13.6 Å². The van der Waals surface area contributed by atoms with Gasteiger partial charge in [0.2, 0.25) is 10.0 Å². The van der Waals surface area contributed by atoms with E-state index in [-0.39, 0.29) is 28.9 Å². The third-order valence-electron chi connectivity index (χ3n) is 4.36. The van der Waals surface area contributed by atoms with Gasteiger partial charge in [0.15, 0.2) is 5.96 Å². The van der Waals surface area contributed by atoms with Gasteiger partial charge < -0.3 is 10.6 Å². The molecule has 0 aliphatic rings. The molecule has 0 unspecified atom stereocenters. The maximum Gasteiger partial charge on any atom is 0.240 e. The summed E-state index contributed by atoms with van der Waals surface area (Å²) in [4.78, 5) is 4.82. The first-order valence-corrected chi connectivity index (χ1v) is 10.3. The molecule has 3 N–H and O–H groups in total. The van der Waals surface area contributed by atoms with Crippen molar-refractivity contribution in [2.45, 2.75) is 38.8 Å². The van der Waals surface area contributed by atoms with E-state index in [0.29, 0.717) is 19.0 Å². The van der Waals surface area contributed by atoms with Crippen LogP contribution in [0.15, 0.2) is 34.2 Å². The van der Waals surface area contributed by atoms with Crippen molar-refractivity contribution in [3.05, 3.63) is 46.8 Å². The molecular formula is C18H29IN6O2S. The molecule has 0 saturated carbocycles. The first-order chi connectivity index (χ1) is 12.8. The zero-order chi connectivity index (χ0) is 20.0. The van der Waals surface area contributed by atoms with Gasteiger partial charge in [-0.1, -0.05) is 12.1 Å². The molecular weight excluding hydrogens is 491 g/mol. The van der Waals surface area contributed by atoms with Crippen molar-refractivity contribution >= 4 is 40.0 Å². The second-order valence-corrected chi connectivity index (χ2v) is 8.06. The largest absolute Gasteiger partial charge is 0.357 e. The molecule has 0 fully saturated rings. The summed E-state index contributed by atoms with van der Waals surface area (Å²) in [7, 11) is -0.0887. The summed E-state index contributed by atoms with van der Waals surface area (Å²) in [6.45, 7) is 7.87. The van der Waals surface area contributed by atoms with E-state index in [1.54, 1.807) is 24.3 Å². The molecule has 0 radical (unpaired) electrons. The molecule has 156 valence electrons. The highest BCUT2D eigenvalue weighted by molar-refractivity contribution is 14.0. The van der Waals surface area contributed by atoms with Gasteiger partial charge in [-0.15, -0.1) is 24.0 Å². The molecule has 28 heavy (non-hydrogen) atoms. The Kier molecular flexibility index (Phi) is 9.37. The quantitative estimate of drug-likeness (QED) is 0.294. The Balaban J connectivity index is 0.00000392. The van der Waals surface area contributed by atoms with Gasteiger partial charge in [-0.2, -0.15) is 5.10 Å². The Hall–Kier alpha value is -1.66. The van der Waals surface area contributed by atoms with Crippen LogP contribution in [-0.4, -0.2) is 37.8 Å². The first kappa shape index (κ1) is 24.4. The van der Waals surface area contributed by atoms with Gasteiger partial charge in [0.05, 0.1) is 17.1 Å².